The quantitative estimate of drug-likeness (QED) is 0.577. The number of hydrogen-bond acceptors (Lipinski definition) is 5. The van der Waals surface area contributed by atoms with Gasteiger partial charge in [0.25, 0.3) is 5.56 Å². The Labute approximate surface area is 104 Å². The average Bonchev–Trinajstić information content (AvgIpc) is 2.32. The summed E-state index contributed by atoms with van der Waals surface area (Å²) in [5.41, 5.74) is 5.61. The molecule has 0 saturated carbocycles. The third kappa shape index (κ3) is 4.56. The van der Waals surface area contributed by atoms with Gasteiger partial charge in [-0.2, -0.15) is 0 Å². The fourth-order valence-electron chi connectivity index (χ4n) is 1.37. The van der Waals surface area contributed by atoms with E-state index in [1.165, 1.54) is 30.0 Å². The normalized spacial score (nSPS) is 12.1. The van der Waals surface area contributed by atoms with Gasteiger partial charge in [-0.3, -0.25) is 9.59 Å². The highest BCUT2D eigenvalue weighted by Crippen LogP contribution is 1.95. The Kier molecular flexibility index (Phi) is 5.34. The minimum atomic E-state index is -0.767. The van der Waals surface area contributed by atoms with Crippen molar-refractivity contribution in [2.75, 3.05) is 26.0 Å². The Bertz CT molecular complexity index is 458. The molecule has 0 aromatic carbocycles. The van der Waals surface area contributed by atoms with E-state index in [4.69, 9.17) is 10.5 Å². The average molecular weight is 255 g/mol. The lowest BCUT2D eigenvalue weighted by molar-refractivity contribution is -0.122. The summed E-state index contributed by atoms with van der Waals surface area (Å²) in [5.74, 6) is -0.377. The molecule has 0 saturated heterocycles. The molecule has 1 atom stereocenters. The van der Waals surface area contributed by atoms with Crippen molar-refractivity contribution in [3.05, 3.63) is 28.7 Å². The summed E-state index contributed by atoms with van der Waals surface area (Å²) >= 11 is 0. The first-order valence-corrected chi connectivity index (χ1v) is 5.42. The minimum Gasteiger partial charge on any atom is -0.398 e. The largest absolute Gasteiger partial charge is 0.398 e. The monoisotopic (exact) mass is 255 g/mol. The van der Waals surface area contributed by atoms with Crippen LogP contribution in [0.4, 0.5) is 5.69 Å². The van der Waals surface area contributed by atoms with E-state index in [2.05, 4.69) is 5.32 Å². The first kappa shape index (κ1) is 14.2. The van der Waals surface area contributed by atoms with Crippen LogP contribution < -0.4 is 16.6 Å². The molecule has 7 heteroatoms. The minimum absolute atomic E-state index is 0.0732. The summed E-state index contributed by atoms with van der Waals surface area (Å²) in [4.78, 5) is 22.9. The molecule has 4 N–H and O–H groups in total. The maximum absolute atomic E-state index is 11.5. The Morgan fingerprint density at radius 3 is 3.00 bits per heavy atom. The van der Waals surface area contributed by atoms with Crippen LogP contribution in [0.2, 0.25) is 0 Å². The molecule has 1 aromatic rings. The van der Waals surface area contributed by atoms with Gasteiger partial charge in [0.2, 0.25) is 5.91 Å². The van der Waals surface area contributed by atoms with E-state index in [0.29, 0.717) is 5.69 Å². The van der Waals surface area contributed by atoms with E-state index in [1.54, 1.807) is 0 Å². The number of carbonyl (C=O) groups excluding carboxylic acids is 1. The van der Waals surface area contributed by atoms with E-state index in [-0.39, 0.29) is 31.2 Å². The first-order valence-electron chi connectivity index (χ1n) is 5.42. The van der Waals surface area contributed by atoms with Crippen LogP contribution in [0.3, 0.4) is 0 Å². The number of aromatic nitrogens is 1. The lowest BCUT2D eigenvalue weighted by Gasteiger charge is -2.11. The van der Waals surface area contributed by atoms with Crippen LogP contribution in [0.15, 0.2) is 23.1 Å². The molecule has 0 bridgehead atoms. The van der Waals surface area contributed by atoms with Crippen LogP contribution in [-0.2, 0) is 16.1 Å². The third-order valence-electron chi connectivity index (χ3n) is 2.21. The predicted octanol–water partition coefficient (Wildman–Crippen LogP) is -1.45. The molecule has 18 heavy (non-hydrogen) atoms. The number of pyridine rings is 1. The second-order valence-electron chi connectivity index (χ2n) is 3.84. The molecule has 0 aliphatic carbocycles. The standard InChI is InChI=1S/C11H17N3O4/c1-18-7-9(15)4-13-10(16)6-14-5-8(12)2-3-11(14)17/h2-3,5,9,15H,4,6-7,12H2,1H3,(H,13,16). The number of carbonyl (C=O) groups is 1. The zero-order valence-corrected chi connectivity index (χ0v) is 10.1. The maximum Gasteiger partial charge on any atom is 0.251 e. The van der Waals surface area contributed by atoms with Gasteiger partial charge in [0.15, 0.2) is 0 Å². The number of rotatable bonds is 6. The predicted molar refractivity (Wildman–Crippen MR) is 66.0 cm³/mol. The van der Waals surface area contributed by atoms with Gasteiger partial charge >= 0.3 is 0 Å². The molecule has 1 heterocycles. The van der Waals surface area contributed by atoms with Gasteiger partial charge < -0.3 is 25.5 Å². The summed E-state index contributed by atoms with van der Waals surface area (Å²) in [7, 11) is 1.46. The van der Waals surface area contributed by atoms with Crippen molar-refractivity contribution >= 4 is 11.6 Å². The van der Waals surface area contributed by atoms with Gasteiger partial charge in [0.1, 0.15) is 6.54 Å². The van der Waals surface area contributed by atoms with Crippen molar-refractivity contribution in [1.29, 1.82) is 0 Å². The zero-order valence-electron chi connectivity index (χ0n) is 10.1. The second kappa shape index (κ2) is 6.77. The Balaban J connectivity index is 2.49. The van der Waals surface area contributed by atoms with E-state index < -0.39 is 6.10 Å². The number of nitrogens with zero attached hydrogens (tertiary/aromatic N) is 1. The van der Waals surface area contributed by atoms with Gasteiger partial charge in [-0.05, 0) is 6.07 Å². The van der Waals surface area contributed by atoms with E-state index in [0.717, 1.165) is 0 Å². The number of amides is 1. The number of hydrogen-bond donors (Lipinski definition) is 3. The van der Waals surface area contributed by atoms with Crippen molar-refractivity contribution < 1.29 is 14.6 Å². The summed E-state index contributed by atoms with van der Waals surface area (Å²) in [6.07, 6.45) is 0.629. The molecule has 1 rings (SSSR count). The number of nitrogens with one attached hydrogen (secondary N) is 1. The van der Waals surface area contributed by atoms with Crippen molar-refractivity contribution in [2.24, 2.45) is 0 Å². The van der Waals surface area contributed by atoms with Crippen molar-refractivity contribution in [3.8, 4) is 0 Å². The molecular weight excluding hydrogens is 238 g/mol. The van der Waals surface area contributed by atoms with E-state index in [1.807, 2.05) is 0 Å². The molecule has 7 nitrogen and oxygen atoms in total. The Morgan fingerprint density at radius 2 is 2.33 bits per heavy atom. The SMILES string of the molecule is COCC(O)CNC(=O)Cn1cc(N)ccc1=O. The zero-order chi connectivity index (χ0) is 13.5. The fourth-order valence-corrected chi connectivity index (χ4v) is 1.37. The van der Waals surface area contributed by atoms with Crippen molar-refractivity contribution in [2.45, 2.75) is 12.6 Å². The fraction of sp³-hybridized carbons (Fsp3) is 0.455. The van der Waals surface area contributed by atoms with Gasteiger partial charge in [-0.15, -0.1) is 0 Å². The van der Waals surface area contributed by atoms with Crippen LogP contribution in [0, 0.1) is 0 Å². The molecule has 0 aliphatic heterocycles. The summed E-state index contributed by atoms with van der Waals surface area (Å²) in [6, 6.07) is 2.77. The van der Waals surface area contributed by atoms with Crippen LogP contribution in [0.1, 0.15) is 0 Å². The second-order valence-corrected chi connectivity index (χ2v) is 3.84. The highest BCUT2D eigenvalue weighted by Gasteiger charge is 2.08. The summed E-state index contributed by atoms with van der Waals surface area (Å²) in [5, 5.41) is 11.8. The molecule has 0 radical (unpaired) electrons. The molecule has 0 fully saturated rings. The lowest BCUT2D eigenvalue weighted by atomic mass is 10.3. The Morgan fingerprint density at radius 1 is 1.61 bits per heavy atom. The summed E-state index contributed by atoms with van der Waals surface area (Å²) < 4.78 is 5.92. The van der Waals surface area contributed by atoms with Crippen molar-refractivity contribution in [3.63, 3.8) is 0 Å². The first-order chi connectivity index (χ1) is 8.52. The molecule has 0 aliphatic rings. The number of nitrogens with two attached hydrogens (primary N) is 1. The Hall–Kier alpha value is -1.86. The number of anilines is 1. The highest BCUT2D eigenvalue weighted by molar-refractivity contribution is 5.75. The maximum atomic E-state index is 11.5. The lowest BCUT2D eigenvalue weighted by Crippen LogP contribution is -2.37. The van der Waals surface area contributed by atoms with Gasteiger partial charge in [0, 0.05) is 31.6 Å². The van der Waals surface area contributed by atoms with Crippen LogP contribution >= 0.6 is 0 Å². The van der Waals surface area contributed by atoms with Gasteiger partial charge in [-0.1, -0.05) is 0 Å². The van der Waals surface area contributed by atoms with Crippen LogP contribution in [-0.4, -0.2) is 41.9 Å². The summed E-state index contributed by atoms with van der Waals surface area (Å²) in [6.45, 7) is 0.0752. The molecular formula is C11H17N3O4. The van der Waals surface area contributed by atoms with E-state index in [9.17, 15) is 14.7 Å². The topological polar surface area (TPSA) is 107 Å². The molecule has 1 unspecified atom stereocenters. The van der Waals surface area contributed by atoms with E-state index >= 15 is 0 Å². The van der Waals surface area contributed by atoms with Gasteiger partial charge in [-0.25, -0.2) is 0 Å². The van der Waals surface area contributed by atoms with Crippen molar-refractivity contribution in [1.82, 2.24) is 9.88 Å². The highest BCUT2D eigenvalue weighted by atomic mass is 16.5. The number of aliphatic hydroxyl groups excluding tert-OH is 1. The number of nitrogen functional groups attached to an aromatic ring is 1. The molecule has 100 valence electrons. The third-order valence-corrected chi connectivity index (χ3v) is 2.21. The molecule has 1 amide bonds. The van der Waals surface area contributed by atoms with Crippen LogP contribution in [0.5, 0.6) is 0 Å². The number of ether oxygens (including phenoxy) is 1. The van der Waals surface area contributed by atoms with Crippen LogP contribution in [0.25, 0.3) is 0 Å². The number of methoxy groups -OCH3 is 1. The number of aliphatic hydroxyl groups is 1. The molecule has 0 spiro atoms. The van der Waals surface area contributed by atoms with Gasteiger partial charge in [0.05, 0.1) is 12.7 Å². The molecule has 1 aromatic heterocycles. The smallest absolute Gasteiger partial charge is 0.251 e.